The van der Waals surface area contributed by atoms with E-state index in [9.17, 15) is 0 Å². The lowest BCUT2D eigenvalue weighted by Gasteiger charge is -2.45. The molecule has 1 aliphatic carbocycles. The Balaban J connectivity index is 1.30. The van der Waals surface area contributed by atoms with Crippen molar-refractivity contribution < 1.29 is 0 Å². The molecule has 0 bridgehead atoms. The number of aliphatic imine (C=N–C) groups is 1. The zero-order valence-corrected chi connectivity index (χ0v) is 23.9. The molecular formula is C37H41N3. The molecule has 6 rings (SSSR count). The average Bonchev–Trinajstić information content (AvgIpc) is 3.01. The highest BCUT2D eigenvalue weighted by Gasteiger charge is 2.34. The van der Waals surface area contributed by atoms with Crippen LogP contribution in [-0.2, 0) is 13.0 Å². The minimum absolute atomic E-state index is 0.166. The van der Waals surface area contributed by atoms with E-state index in [2.05, 4.69) is 113 Å². The molecular weight excluding hydrogens is 486 g/mol. The zero-order valence-electron chi connectivity index (χ0n) is 23.9. The van der Waals surface area contributed by atoms with Crippen LogP contribution < -0.4 is 0 Å². The Morgan fingerprint density at radius 2 is 1.82 bits per heavy atom. The maximum atomic E-state index is 4.55. The van der Waals surface area contributed by atoms with Crippen LogP contribution in [0.2, 0.25) is 0 Å². The van der Waals surface area contributed by atoms with Crippen LogP contribution in [0.25, 0.3) is 5.57 Å². The lowest BCUT2D eigenvalue weighted by Crippen LogP contribution is -2.45. The Kier molecular flexibility index (Phi) is 8.11. The molecule has 3 heterocycles. The first-order valence-corrected chi connectivity index (χ1v) is 15.0. The van der Waals surface area contributed by atoms with Crippen molar-refractivity contribution in [3.05, 3.63) is 136 Å². The van der Waals surface area contributed by atoms with Crippen LogP contribution in [0, 0.1) is 0 Å². The summed E-state index contributed by atoms with van der Waals surface area (Å²) in [6.07, 6.45) is 22.7. The number of allylic oxidation sites excluding steroid dienone is 8. The number of aryl methyl sites for hydroxylation is 1. The van der Waals surface area contributed by atoms with E-state index in [0.29, 0.717) is 0 Å². The maximum Gasteiger partial charge on any atom is 0.0760 e. The number of piperazine rings is 1. The van der Waals surface area contributed by atoms with E-state index in [4.69, 9.17) is 0 Å². The first-order valence-electron chi connectivity index (χ1n) is 15.0. The second kappa shape index (κ2) is 12.2. The van der Waals surface area contributed by atoms with Crippen molar-refractivity contribution in [2.45, 2.75) is 58.0 Å². The lowest BCUT2D eigenvalue weighted by atomic mass is 9.89. The van der Waals surface area contributed by atoms with Crippen molar-refractivity contribution in [2.75, 3.05) is 19.6 Å². The molecule has 2 aromatic rings. The van der Waals surface area contributed by atoms with E-state index in [0.717, 1.165) is 57.4 Å². The van der Waals surface area contributed by atoms with Gasteiger partial charge in [0.15, 0.2) is 0 Å². The topological polar surface area (TPSA) is 18.8 Å². The van der Waals surface area contributed by atoms with Gasteiger partial charge in [-0.15, -0.1) is 0 Å². The average molecular weight is 528 g/mol. The Hall–Kier alpha value is -3.69. The van der Waals surface area contributed by atoms with Crippen molar-refractivity contribution in [1.82, 2.24) is 9.80 Å². The summed E-state index contributed by atoms with van der Waals surface area (Å²) >= 11 is 0. The number of rotatable bonds is 8. The molecule has 0 spiro atoms. The highest BCUT2D eigenvalue weighted by Crippen LogP contribution is 2.41. The van der Waals surface area contributed by atoms with Crippen LogP contribution in [-0.4, -0.2) is 35.6 Å². The standard InChI is InChI=1S/C37H41N3/c1-3-29-14-16-31(17-15-29)26-40-22-21-39-27-35(19-18-30-9-5-4-6-10-30)28(2)23-36(39)37(40)33-12-7-11-32(24-33)34-13-8-20-38-25-34/h5,7,9-17,23-25,27,37H,2-4,6,8,18-22,26H2,1H3. The SMILES string of the molecule is C=C1C=C2C(c3cccc(C4=CCCN=C4)c3)N(Cc3ccc(CC)cc3)CCN2C=C1CCC1=CCCC=C1. The van der Waals surface area contributed by atoms with Crippen molar-refractivity contribution in [3.63, 3.8) is 0 Å². The summed E-state index contributed by atoms with van der Waals surface area (Å²) in [7, 11) is 0. The van der Waals surface area contributed by atoms with Gasteiger partial charge in [-0.05, 0) is 89.6 Å². The zero-order chi connectivity index (χ0) is 27.3. The molecule has 1 atom stereocenters. The third-order valence-electron chi connectivity index (χ3n) is 8.61. The maximum absolute atomic E-state index is 4.55. The van der Waals surface area contributed by atoms with Gasteiger partial charge in [-0.25, -0.2) is 0 Å². The fourth-order valence-electron chi connectivity index (χ4n) is 6.30. The van der Waals surface area contributed by atoms with Crippen LogP contribution in [0.4, 0.5) is 0 Å². The lowest BCUT2D eigenvalue weighted by molar-refractivity contribution is 0.134. The molecule has 0 amide bonds. The van der Waals surface area contributed by atoms with Gasteiger partial charge in [-0.3, -0.25) is 9.89 Å². The Labute approximate surface area is 240 Å². The van der Waals surface area contributed by atoms with Crippen LogP contribution in [0.1, 0.15) is 67.3 Å². The minimum Gasteiger partial charge on any atom is -0.348 e. The molecule has 1 fully saturated rings. The van der Waals surface area contributed by atoms with Crippen LogP contribution in [0.3, 0.4) is 0 Å². The molecule has 0 N–H and O–H groups in total. The number of nitrogens with zero attached hydrogens (tertiary/aromatic N) is 3. The van der Waals surface area contributed by atoms with E-state index < -0.39 is 0 Å². The Bertz CT molecular complexity index is 1430. The molecule has 204 valence electrons. The molecule has 0 aromatic heterocycles. The Morgan fingerprint density at radius 3 is 2.60 bits per heavy atom. The highest BCUT2D eigenvalue weighted by atomic mass is 15.3. The van der Waals surface area contributed by atoms with E-state index in [1.54, 1.807) is 0 Å². The third kappa shape index (κ3) is 5.90. The molecule has 3 nitrogen and oxygen atoms in total. The summed E-state index contributed by atoms with van der Waals surface area (Å²) in [5.41, 5.74) is 11.9. The summed E-state index contributed by atoms with van der Waals surface area (Å²) in [4.78, 5) is 9.70. The summed E-state index contributed by atoms with van der Waals surface area (Å²) < 4.78 is 0. The second-order valence-electron chi connectivity index (χ2n) is 11.4. The van der Waals surface area contributed by atoms with Crippen LogP contribution in [0.15, 0.2) is 119 Å². The van der Waals surface area contributed by atoms with Gasteiger partial charge in [0.05, 0.1) is 6.04 Å². The fraction of sp³-hybridized carbons (Fsp3) is 0.324. The van der Waals surface area contributed by atoms with E-state index >= 15 is 0 Å². The van der Waals surface area contributed by atoms with Crippen molar-refractivity contribution >= 4 is 11.8 Å². The number of hydrogen-bond acceptors (Lipinski definition) is 3. The molecule has 3 aliphatic heterocycles. The smallest absolute Gasteiger partial charge is 0.0760 e. The summed E-state index contributed by atoms with van der Waals surface area (Å²) in [5, 5.41) is 0. The molecule has 1 saturated heterocycles. The predicted molar refractivity (Wildman–Crippen MR) is 169 cm³/mol. The molecule has 1 unspecified atom stereocenters. The number of fused-ring (bicyclic) bond motifs is 1. The third-order valence-corrected chi connectivity index (χ3v) is 8.61. The second-order valence-corrected chi connectivity index (χ2v) is 11.4. The number of dihydropyridines is 1. The Morgan fingerprint density at radius 1 is 0.950 bits per heavy atom. The minimum atomic E-state index is 0.166. The van der Waals surface area contributed by atoms with E-state index in [-0.39, 0.29) is 6.04 Å². The molecule has 2 aromatic carbocycles. The summed E-state index contributed by atoms with van der Waals surface area (Å²) in [6.45, 7) is 10.6. The molecule has 0 saturated carbocycles. The van der Waals surface area contributed by atoms with Gasteiger partial charge in [0.25, 0.3) is 0 Å². The quantitative estimate of drug-likeness (QED) is 0.343. The molecule has 3 heteroatoms. The van der Waals surface area contributed by atoms with Crippen molar-refractivity contribution in [1.29, 1.82) is 0 Å². The van der Waals surface area contributed by atoms with Gasteiger partial charge in [0.2, 0.25) is 0 Å². The largest absolute Gasteiger partial charge is 0.348 e. The monoisotopic (exact) mass is 527 g/mol. The van der Waals surface area contributed by atoms with Crippen LogP contribution >= 0.6 is 0 Å². The van der Waals surface area contributed by atoms with Crippen LogP contribution in [0.5, 0.6) is 0 Å². The predicted octanol–water partition coefficient (Wildman–Crippen LogP) is 8.36. The van der Waals surface area contributed by atoms with Gasteiger partial charge < -0.3 is 4.90 Å². The number of hydrogen-bond donors (Lipinski definition) is 0. The van der Waals surface area contributed by atoms with E-state index in [1.165, 1.54) is 57.5 Å². The van der Waals surface area contributed by atoms with Crippen molar-refractivity contribution in [3.8, 4) is 0 Å². The molecule has 4 aliphatic rings. The van der Waals surface area contributed by atoms with Gasteiger partial charge in [-0.2, -0.15) is 0 Å². The number of benzene rings is 2. The van der Waals surface area contributed by atoms with Gasteiger partial charge >= 0.3 is 0 Å². The summed E-state index contributed by atoms with van der Waals surface area (Å²) in [5.74, 6) is 0. The van der Waals surface area contributed by atoms with Gasteiger partial charge in [0.1, 0.15) is 0 Å². The molecule has 0 radical (unpaired) electrons. The van der Waals surface area contributed by atoms with E-state index in [1.807, 2.05) is 6.21 Å². The fourth-order valence-corrected chi connectivity index (χ4v) is 6.30. The highest BCUT2D eigenvalue weighted by molar-refractivity contribution is 6.10. The van der Waals surface area contributed by atoms with Gasteiger partial charge in [-0.1, -0.05) is 85.8 Å². The normalized spacial score (nSPS) is 21.0. The summed E-state index contributed by atoms with van der Waals surface area (Å²) in [6, 6.07) is 18.5. The first kappa shape index (κ1) is 26.5. The van der Waals surface area contributed by atoms with Gasteiger partial charge in [0, 0.05) is 44.3 Å². The molecule has 40 heavy (non-hydrogen) atoms. The van der Waals surface area contributed by atoms with Crippen molar-refractivity contribution in [2.24, 2.45) is 4.99 Å². The first-order chi connectivity index (χ1) is 19.7.